The number of nitrogens with zero attached hydrogens (tertiary/aromatic N) is 1. The van der Waals surface area contributed by atoms with E-state index in [9.17, 15) is 0 Å². The number of rotatable bonds is 3. The zero-order valence-electron chi connectivity index (χ0n) is 10.3. The molecule has 2 aliphatic rings. The Kier molecular flexibility index (Phi) is 4.04. The molecule has 3 atom stereocenters. The van der Waals surface area contributed by atoms with E-state index < -0.39 is 0 Å². The van der Waals surface area contributed by atoms with Gasteiger partial charge in [0.05, 0.1) is 0 Å². The monoisotopic (exact) mass is 210 g/mol. The summed E-state index contributed by atoms with van der Waals surface area (Å²) in [6.07, 6.45) is 8.46. The number of nitrogens with one attached hydrogen (secondary N) is 1. The highest BCUT2D eigenvalue weighted by atomic mass is 15.2. The Hall–Kier alpha value is -0.0800. The molecule has 0 aromatic rings. The van der Waals surface area contributed by atoms with E-state index in [0.717, 1.165) is 18.0 Å². The smallest absolute Gasteiger partial charge is 0.0195 e. The van der Waals surface area contributed by atoms with E-state index in [2.05, 4.69) is 24.2 Å². The second kappa shape index (κ2) is 5.31. The molecule has 2 rings (SSSR count). The van der Waals surface area contributed by atoms with Gasteiger partial charge in [-0.3, -0.25) is 0 Å². The quantitative estimate of drug-likeness (QED) is 0.768. The zero-order chi connectivity index (χ0) is 10.7. The Labute approximate surface area is 94.4 Å². The maximum Gasteiger partial charge on any atom is 0.0195 e. The lowest BCUT2D eigenvalue weighted by Gasteiger charge is -2.31. The molecule has 1 N–H and O–H groups in total. The molecule has 0 bridgehead atoms. The predicted octanol–water partition coefficient (Wildman–Crippen LogP) is 2.25. The third-order valence-corrected chi connectivity index (χ3v) is 4.21. The summed E-state index contributed by atoms with van der Waals surface area (Å²) >= 11 is 0. The molecule has 1 saturated carbocycles. The summed E-state index contributed by atoms with van der Waals surface area (Å²) in [5.41, 5.74) is 0. The van der Waals surface area contributed by atoms with Crippen LogP contribution < -0.4 is 5.32 Å². The van der Waals surface area contributed by atoms with Crippen molar-refractivity contribution in [1.82, 2.24) is 10.2 Å². The van der Waals surface area contributed by atoms with Crippen molar-refractivity contribution < 1.29 is 0 Å². The van der Waals surface area contributed by atoms with Crippen molar-refractivity contribution in [3.05, 3.63) is 0 Å². The van der Waals surface area contributed by atoms with Crippen molar-refractivity contribution in [2.24, 2.45) is 5.92 Å². The molecule has 1 heterocycles. The number of likely N-dealkylation sites (N-methyl/N-ethyl adjacent to an activating group) is 1. The van der Waals surface area contributed by atoms with Crippen LogP contribution in [0, 0.1) is 5.92 Å². The Morgan fingerprint density at radius 2 is 2.07 bits per heavy atom. The standard InChI is InChI=1S/C13H26N2/c1-11-6-7-13(9-11)15(2)10-12-5-3-4-8-14-12/h11-14H,3-10H2,1-2H3. The van der Waals surface area contributed by atoms with Crippen LogP contribution in [0.4, 0.5) is 0 Å². The highest BCUT2D eigenvalue weighted by Gasteiger charge is 2.26. The van der Waals surface area contributed by atoms with Crippen molar-refractivity contribution >= 4 is 0 Å². The van der Waals surface area contributed by atoms with Crippen molar-refractivity contribution in [2.75, 3.05) is 20.1 Å². The van der Waals surface area contributed by atoms with Crippen LogP contribution >= 0.6 is 0 Å². The maximum atomic E-state index is 3.64. The van der Waals surface area contributed by atoms with Gasteiger partial charge in [0.15, 0.2) is 0 Å². The molecule has 3 unspecified atom stereocenters. The Morgan fingerprint density at radius 1 is 1.20 bits per heavy atom. The summed E-state index contributed by atoms with van der Waals surface area (Å²) in [6.45, 7) is 4.89. The summed E-state index contributed by atoms with van der Waals surface area (Å²) < 4.78 is 0. The molecule has 0 amide bonds. The molecule has 0 aromatic carbocycles. The van der Waals surface area contributed by atoms with Gasteiger partial charge in [0.2, 0.25) is 0 Å². The van der Waals surface area contributed by atoms with E-state index in [-0.39, 0.29) is 0 Å². The molecule has 1 aliphatic heterocycles. The third kappa shape index (κ3) is 3.18. The van der Waals surface area contributed by atoms with Crippen LogP contribution in [-0.2, 0) is 0 Å². The number of hydrogen-bond donors (Lipinski definition) is 1. The first kappa shape index (κ1) is 11.4. The molecule has 2 heteroatoms. The minimum absolute atomic E-state index is 0.764. The van der Waals surface area contributed by atoms with Crippen LogP contribution in [0.25, 0.3) is 0 Å². The zero-order valence-corrected chi connectivity index (χ0v) is 10.3. The van der Waals surface area contributed by atoms with Crippen molar-refractivity contribution in [2.45, 2.75) is 57.5 Å². The second-order valence-electron chi connectivity index (χ2n) is 5.66. The topological polar surface area (TPSA) is 15.3 Å². The van der Waals surface area contributed by atoms with Gasteiger partial charge in [-0.05, 0) is 51.6 Å². The predicted molar refractivity (Wildman–Crippen MR) is 65.1 cm³/mol. The average Bonchev–Trinajstić information content (AvgIpc) is 2.66. The van der Waals surface area contributed by atoms with Gasteiger partial charge in [0.1, 0.15) is 0 Å². The lowest BCUT2D eigenvalue weighted by Crippen LogP contribution is -2.45. The minimum atomic E-state index is 0.764. The summed E-state index contributed by atoms with van der Waals surface area (Å²) in [5.74, 6) is 0.955. The molecule has 15 heavy (non-hydrogen) atoms. The van der Waals surface area contributed by atoms with E-state index in [0.29, 0.717) is 0 Å². The van der Waals surface area contributed by atoms with E-state index in [1.807, 2.05) is 0 Å². The van der Waals surface area contributed by atoms with Gasteiger partial charge in [-0.15, -0.1) is 0 Å². The lowest BCUT2D eigenvalue weighted by atomic mass is 10.0. The first-order valence-corrected chi connectivity index (χ1v) is 6.69. The Balaban J connectivity index is 1.73. The van der Waals surface area contributed by atoms with Gasteiger partial charge in [-0.25, -0.2) is 0 Å². The highest BCUT2D eigenvalue weighted by molar-refractivity contribution is 4.83. The van der Waals surface area contributed by atoms with Crippen LogP contribution in [0.5, 0.6) is 0 Å². The first-order valence-electron chi connectivity index (χ1n) is 6.69. The fourth-order valence-electron chi connectivity index (χ4n) is 3.15. The largest absolute Gasteiger partial charge is 0.313 e. The molecule has 88 valence electrons. The molecule has 0 radical (unpaired) electrons. The van der Waals surface area contributed by atoms with Crippen LogP contribution in [-0.4, -0.2) is 37.1 Å². The first-order chi connectivity index (χ1) is 7.25. The molecule has 0 aromatic heterocycles. The molecule has 2 fully saturated rings. The SMILES string of the molecule is CC1CCC(N(C)CC2CCCCN2)C1. The van der Waals surface area contributed by atoms with Crippen LogP contribution in [0.15, 0.2) is 0 Å². The van der Waals surface area contributed by atoms with E-state index in [1.54, 1.807) is 0 Å². The van der Waals surface area contributed by atoms with E-state index >= 15 is 0 Å². The number of hydrogen-bond acceptors (Lipinski definition) is 2. The highest BCUT2D eigenvalue weighted by Crippen LogP contribution is 2.28. The molecular formula is C13H26N2. The fourth-order valence-corrected chi connectivity index (χ4v) is 3.15. The molecule has 1 saturated heterocycles. The van der Waals surface area contributed by atoms with Gasteiger partial charge < -0.3 is 10.2 Å². The Bertz CT molecular complexity index is 187. The van der Waals surface area contributed by atoms with Gasteiger partial charge >= 0.3 is 0 Å². The molecule has 0 spiro atoms. The second-order valence-corrected chi connectivity index (χ2v) is 5.66. The number of piperidine rings is 1. The summed E-state index contributed by atoms with van der Waals surface area (Å²) in [4.78, 5) is 2.60. The summed E-state index contributed by atoms with van der Waals surface area (Å²) in [5, 5.41) is 3.64. The van der Waals surface area contributed by atoms with Crippen LogP contribution in [0.3, 0.4) is 0 Å². The van der Waals surface area contributed by atoms with Gasteiger partial charge in [0, 0.05) is 18.6 Å². The molecule has 2 nitrogen and oxygen atoms in total. The summed E-state index contributed by atoms with van der Waals surface area (Å²) in [7, 11) is 2.32. The fraction of sp³-hybridized carbons (Fsp3) is 1.00. The van der Waals surface area contributed by atoms with Crippen molar-refractivity contribution in [3.63, 3.8) is 0 Å². The van der Waals surface area contributed by atoms with Gasteiger partial charge in [-0.2, -0.15) is 0 Å². The molecule has 1 aliphatic carbocycles. The van der Waals surface area contributed by atoms with Crippen LogP contribution in [0.1, 0.15) is 45.4 Å². The minimum Gasteiger partial charge on any atom is -0.313 e. The van der Waals surface area contributed by atoms with Gasteiger partial charge in [0.25, 0.3) is 0 Å². The van der Waals surface area contributed by atoms with Gasteiger partial charge in [-0.1, -0.05) is 13.3 Å². The Morgan fingerprint density at radius 3 is 2.67 bits per heavy atom. The molecular weight excluding hydrogens is 184 g/mol. The maximum absolute atomic E-state index is 3.64. The van der Waals surface area contributed by atoms with Crippen LogP contribution in [0.2, 0.25) is 0 Å². The normalized spacial score (nSPS) is 37.4. The van der Waals surface area contributed by atoms with Crippen molar-refractivity contribution in [3.8, 4) is 0 Å². The van der Waals surface area contributed by atoms with Crippen molar-refractivity contribution in [1.29, 1.82) is 0 Å². The van der Waals surface area contributed by atoms with E-state index in [4.69, 9.17) is 0 Å². The summed E-state index contributed by atoms with van der Waals surface area (Å²) in [6, 6.07) is 1.63. The third-order valence-electron chi connectivity index (χ3n) is 4.21. The van der Waals surface area contributed by atoms with E-state index in [1.165, 1.54) is 51.6 Å². The average molecular weight is 210 g/mol. The lowest BCUT2D eigenvalue weighted by molar-refractivity contribution is 0.201.